The highest BCUT2D eigenvalue weighted by molar-refractivity contribution is 6.03. The molecule has 24 heavy (non-hydrogen) atoms. The number of benzene rings is 1. The van der Waals surface area contributed by atoms with E-state index in [1.807, 2.05) is 25.1 Å². The quantitative estimate of drug-likeness (QED) is 0.602. The van der Waals surface area contributed by atoms with Gasteiger partial charge in [-0.1, -0.05) is 12.1 Å². The number of carbonyl (C=O) groups excluding carboxylic acids is 1. The summed E-state index contributed by atoms with van der Waals surface area (Å²) >= 11 is 0. The molecule has 1 amide bonds. The Hall–Kier alpha value is -3.55. The van der Waals surface area contributed by atoms with E-state index in [9.17, 15) is 4.79 Å². The number of nitrogens with one attached hydrogen (secondary N) is 2. The minimum Gasteiger partial charge on any atom is -0.321 e. The second-order valence-electron chi connectivity index (χ2n) is 5.23. The molecule has 0 spiro atoms. The lowest BCUT2D eigenvalue weighted by atomic mass is 10.2. The third kappa shape index (κ3) is 2.60. The second kappa shape index (κ2) is 5.58. The summed E-state index contributed by atoms with van der Waals surface area (Å²) in [6, 6.07) is 10.7. The van der Waals surface area contributed by atoms with E-state index in [2.05, 4.69) is 30.6 Å². The van der Waals surface area contributed by atoms with E-state index in [1.165, 1.54) is 0 Å². The first-order valence-corrected chi connectivity index (χ1v) is 7.30. The lowest BCUT2D eigenvalue weighted by molar-refractivity contribution is 0.102. The molecule has 0 saturated heterocycles. The van der Waals surface area contributed by atoms with Gasteiger partial charge in [-0.05, 0) is 25.1 Å². The molecule has 8 nitrogen and oxygen atoms in total. The van der Waals surface area contributed by atoms with Crippen LogP contribution in [0.3, 0.4) is 0 Å². The molecule has 3 aromatic heterocycles. The van der Waals surface area contributed by atoms with Crippen molar-refractivity contribution in [2.45, 2.75) is 6.92 Å². The number of rotatable bonds is 3. The van der Waals surface area contributed by atoms with Gasteiger partial charge in [-0.3, -0.25) is 9.89 Å². The number of H-pyrrole nitrogens is 1. The summed E-state index contributed by atoms with van der Waals surface area (Å²) in [5, 5.41) is 14.0. The molecule has 4 aromatic rings. The van der Waals surface area contributed by atoms with Gasteiger partial charge in [-0.2, -0.15) is 10.2 Å². The Labute approximate surface area is 136 Å². The average molecular weight is 319 g/mol. The maximum absolute atomic E-state index is 12.4. The Morgan fingerprint density at radius 2 is 2.17 bits per heavy atom. The fourth-order valence-corrected chi connectivity index (χ4v) is 2.34. The minimum atomic E-state index is -0.302. The summed E-state index contributed by atoms with van der Waals surface area (Å²) in [4.78, 5) is 20.8. The zero-order valence-corrected chi connectivity index (χ0v) is 12.8. The third-order valence-electron chi connectivity index (χ3n) is 3.44. The summed E-state index contributed by atoms with van der Waals surface area (Å²) in [5.74, 6) is 1.01. The molecular formula is C16H13N7O. The fraction of sp³-hybridized carbons (Fsp3) is 0.0625. The van der Waals surface area contributed by atoms with E-state index < -0.39 is 0 Å². The zero-order chi connectivity index (χ0) is 16.5. The number of fused-ring (bicyclic) bond motifs is 1. The normalized spacial score (nSPS) is 10.9. The number of aryl methyl sites for hydroxylation is 1. The van der Waals surface area contributed by atoms with Crippen molar-refractivity contribution in [1.82, 2.24) is 29.8 Å². The summed E-state index contributed by atoms with van der Waals surface area (Å²) in [7, 11) is 0. The summed E-state index contributed by atoms with van der Waals surface area (Å²) in [6.07, 6.45) is 3.40. The van der Waals surface area contributed by atoms with Crippen molar-refractivity contribution in [2.75, 3.05) is 5.32 Å². The smallest absolute Gasteiger partial charge is 0.276 e. The fourth-order valence-electron chi connectivity index (χ4n) is 2.34. The van der Waals surface area contributed by atoms with E-state index >= 15 is 0 Å². The van der Waals surface area contributed by atoms with Gasteiger partial charge in [0, 0.05) is 29.7 Å². The summed E-state index contributed by atoms with van der Waals surface area (Å²) in [5.41, 5.74) is 2.37. The number of aromatic amines is 1. The van der Waals surface area contributed by atoms with E-state index in [0.29, 0.717) is 22.9 Å². The molecule has 0 radical (unpaired) electrons. The standard InChI is InChI=1S/C16H13N7O/c1-10-18-15(21-20-10)11-4-2-5-12(8-11)19-16(24)13-9-14-17-6-3-7-23(14)22-13/h2-9H,1H3,(H,19,24)(H,18,20,21). The van der Waals surface area contributed by atoms with Gasteiger partial charge in [0.1, 0.15) is 5.82 Å². The summed E-state index contributed by atoms with van der Waals surface area (Å²) < 4.78 is 1.56. The largest absolute Gasteiger partial charge is 0.321 e. The van der Waals surface area contributed by atoms with Gasteiger partial charge in [0.05, 0.1) is 0 Å². The topological polar surface area (TPSA) is 101 Å². The average Bonchev–Trinajstić information content (AvgIpc) is 3.21. The van der Waals surface area contributed by atoms with Gasteiger partial charge in [-0.25, -0.2) is 14.5 Å². The first-order chi connectivity index (χ1) is 11.7. The van der Waals surface area contributed by atoms with Crippen LogP contribution in [-0.2, 0) is 0 Å². The molecule has 8 heteroatoms. The number of aromatic nitrogens is 6. The van der Waals surface area contributed by atoms with Crippen LogP contribution in [0.4, 0.5) is 5.69 Å². The van der Waals surface area contributed by atoms with Crippen molar-refractivity contribution < 1.29 is 4.79 Å². The highest BCUT2D eigenvalue weighted by Gasteiger charge is 2.12. The predicted molar refractivity (Wildman–Crippen MR) is 87.5 cm³/mol. The zero-order valence-electron chi connectivity index (χ0n) is 12.8. The molecule has 3 heterocycles. The number of hydrogen-bond donors (Lipinski definition) is 2. The first kappa shape index (κ1) is 14.1. The molecule has 0 aliphatic rings. The van der Waals surface area contributed by atoms with Crippen LogP contribution in [0.5, 0.6) is 0 Å². The van der Waals surface area contributed by atoms with Crippen molar-refractivity contribution in [3.05, 3.63) is 60.3 Å². The third-order valence-corrected chi connectivity index (χ3v) is 3.44. The Morgan fingerprint density at radius 1 is 1.25 bits per heavy atom. The number of carbonyl (C=O) groups is 1. The van der Waals surface area contributed by atoms with Crippen LogP contribution in [0, 0.1) is 6.92 Å². The number of amides is 1. The Kier molecular flexibility index (Phi) is 3.27. The molecule has 2 N–H and O–H groups in total. The molecule has 4 rings (SSSR count). The highest BCUT2D eigenvalue weighted by Crippen LogP contribution is 2.19. The predicted octanol–water partition coefficient (Wildman–Crippen LogP) is 2.08. The first-order valence-electron chi connectivity index (χ1n) is 7.30. The van der Waals surface area contributed by atoms with Gasteiger partial charge >= 0.3 is 0 Å². The van der Waals surface area contributed by atoms with Crippen molar-refractivity contribution >= 4 is 17.2 Å². The Balaban J connectivity index is 1.59. The van der Waals surface area contributed by atoms with E-state index in [-0.39, 0.29) is 5.91 Å². The number of hydrogen-bond acceptors (Lipinski definition) is 5. The van der Waals surface area contributed by atoms with Crippen molar-refractivity contribution in [3.63, 3.8) is 0 Å². The van der Waals surface area contributed by atoms with Gasteiger partial charge in [0.25, 0.3) is 5.91 Å². The van der Waals surface area contributed by atoms with E-state index in [1.54, 1.807) is 35.1 Å². The molecule has 0 bridgehead atoms. The van der Waals surface area contributed by atoms with E-state index in [4.69, 9.17) is 0 Å². The van der Waals surface area contributed by atoms with Crippen LogP contribution >= 0.6 is 0 Å². The minimum absolute atomic E-state index is 0.299. The molecule has 0 atom stereocenters. The maximum Gasteiger partial charge on any atom is 0.276 e. The highest BCUT2D eigenvalue weighted by atomic mass is 16.1. The second-order valence-corrected chi connectivity index (χ2v) is 5.23. The van der Waals surface area contributed by atoms with Crippen molar-refractivity contribution in [1.29, 1.82) is 0 Å². The molecule has 0 saturated carbocycles. The summed E-state index contributed by atoms with van der Waals surface area (Å²) in [6.45, 7) is 1.83. The Morgan fingerprint density at radius 3 is 2.96 bits per heavy atom. The number of nitrogens with zero attached hydrogens (tertiary/aromatic N) is 5. The van der Waals surface area contributed by atoms with Crippen LogP contribution in [0.25, 0.3) is 17.0 Å². The van der Waals surface area contributed by atoms with Crippen LogP contribution in [0.2, 0.25) is 0 Å². The lowest BCUT2D eigenvalue weighted by Crippen LogP contribution is -2.12. The lowest BCUT2D eigenvalue weighted by Gasteiger charge is -2.04. The van der Waals surface area contributed by atoms with Crippen molar-refractivity contribution in [2.24, 2.45) is 0 Å². The number of anilines is 1. The van der Waals surface area contributed by atoms with Gasteiger partial charge in [0.15, 0.2) is 17.2 Å². The monoisotopic (exact) mass is 319 g/mol. The van der Waals surface area contributed by atoms with Crippen LogP contribution < -0.4 is 5.32 Å². The molecule has 1 aromatic carbocycles. The van der Waals surface area contributed by atoms with Crippen molar-refractivity contribution in [3.8, 4) is 11.4 Å². The van der Waals surface area contributed by atoms with Gasteiger partial charge < -0.3 is 5.32 Å². The molecular weight excluding hydrogens is 306 g/mol. The molecule has 0 aliphatic heterocycles. The van der Waals surface area contributed by atoms with Crippen LogP contribution in [-0.4, -0.2) is 35.7 Å². The maximum atomic E-state index is 12.4. The SMILES string of the molecule is Cc1nc(-c2cccc(NC(=O)c3cc4ncccn4n3)c2)n[nH]1. The molecule has 118 valence electrons. The molecule has 0 aliphatic carbocycles. The van der Waals surface area contributed by atoms with Crippen LogP contribution in [0.15, 0.2) is 48.8 Å². The molecule has 0 fully saturated rings. The molecule has 0 unspecified atom stereocenters. The van der Waals surface area contributed by atoms with Gasteiger partial charge in [0.2, 0.25) is 0 Å². The van der Waals surface area contributed by atoms with Crippen LogP contribution in [0.1, 0.15) is 16.3 Å². The van der Waals surface area contributed by atoms with E-state index in [0.717, 1.165) is 11.4 Å². The Bertz CT molecular complexity index is 1000. The van der Waals surface area contributed by atoms with Gasteiger partial charge in [-0.15, -0.1) is 0 Å².